The number of hydrogen-bond donors (Lipinski definition) is 2. The molecule has 0 unspecified atom stereocenters. The van der Waals surface area contributed by atoms with Gasteiger partial charge in [-0.1, -0.05) is 6.07 Å². The van der Waals surface area contributed by atoms with E-state index in [2.05, 4.69) is 31.5 Å². The number of amides is 2. The molecule has 4 heterocycles. The van der Waals surface area contributed by atoms with E-state index in [1.807, 2.05) is 30.0 Å². The second kappa shape index (κ2) is 8.91. The smallest absolute Gasteiger partial charge is 0.322 e. The summed E-state index contributed by atoms with van der Waals surface area (Å²) in [6.07, 6.45) is 2.61. The van der Waals surface area contributed by atoms with Crippen LogP contribution in [0.25, 0.3) is 22.2 Å². The van der Waals surface area contributed by atoms with Crippen LogP contribution in [0.15, 0.2) is 48.7 Å². The lowest BCUT2D eigenvalue weighted by molar-refractivity contribution is 0.178. The molecule has 184 valence electrons. The largest absolute Gasteiger partial charge is 0.496 e. The van der Waals surface area contributed by atoms with Crippen LogP contribution in [0, 0.1) is 12.7 Å². The number of carbonyl (C=O) groups is 1. The van der Waals surface area contributed by atoms with E-state index in [1.165, 1.54) is 6.07 Å². The van der Waals surface area contributed by atoms with E-state index in [0.717, 1.165) is 52.1 Å². The summed E-state index contributed by atoms with van der Waals surface area (Å²) in [5, 5.41) is 11.7. The molecule has 2 aliphatic rings. The molecule has 2 aromatic heterocycles. The molecule has 0 saturated carbocycles. The Hall–Kier alpha value is -3.98. The number of halogens is 1. The average molecular weight is 487 g/mol. The maximum Gasteiger partial charge on any atom is 0.322 e. The number of ether oxygens (including phenoxy) is 1. The van der Waals surface area contributed by atoms with Crippen molar-refractivity contribution in [2.75, 3.05) is 25.5 Å². The van der Waals surface area contributed by atoms with Crippen LogP contribution in [-0.4, -0.2) is 57.3 Å². The summed E-state index contributed by atoms with van der Waals surface area (Å²) in [4.78, 5) is 21.4. The molecule has 2 aromatic carbocycles. The number of rotatable bonds is 5. The number of aromatic nitrogens is 3. The Morgan fingerprint density at radius 2 is 2.11 bits per heavy atom. The summed E-state index contributed by atoms with van der Waals surface area (Å²) in [6, 6.07) is 12.9. The molecule has 6 rings (SSSR count). The third-order valence-electron chi connectivity index (χ3n) is 7.17. The standard InChI is InChI=1S/C27H27FN6O2/c1-16-10-17(6-8-29-16)26-20-11-18-13-34(27(35)30-23(18)12-24(20)31-32-26)19-7-9-33(14-19)15-21-22(28)4-3-5-25(21)36-2/h3-6,8,10-12,19H,7,9,13-15H2,1-2H3,(H,30,35)(H,31,32)/t19-/m1/s1. The molecule has 2 amide bonds. The van der Waals surface area contributed by atoms with E-state index in [4.69, 9.17) is 4.74 Å². The summed E-state index contributed by atoms with van der Waals surface area (Å²) in [7, 11) is 1.55. The van der Waals surface area contributed by atoms with Gasteiger partial charge in [-0.2, -0.15) is 5.10 Å². The number of H-pyrrole nitrogens is 1. The van der Waals surface area contributed by atoms with Gasteiger partial charge >= 0.3 is 6.03 Å². The Morgan fingerprint density at radius 3 is 2.94 bits per heavy atom. The van der Waals surface area contributed by atoms with Crippen molar-refractivity contribution in [3.63, 3.8) is 0 Å². The first-order valence-electron chi connectivity index (χ1n) is 12.1. The molecule has 0 radical (unpaired) electrons. The van der Waals surface area contributed by atoms with Gasteiger partial charge < -0.3 is 15.0 Å². The number of pyridine rings is 1. The van der Waals surface area contributed by atoms with Crippen LogP contribution < -0.4 is 10.1 Å². The van der Waals surface area contributed by atoms with E-state index in [0.29, 0.717) is 30.9 Å². The summed E-state index contributed by atoms with van der Waals surface area (Å²) in [5.41, 5.74) is 6.07. The molecular weight excluding hydrogens is 459 g/mol. The van der Waals surface area contributed by atoms with Gasteiger partial charge in [0.15, 0.2) is 0 Å². The first kappa shape index (κ1) is 22.5. The third-order valence-corrected chi connectivity index (χ3v) is 7.17. The fourth-order valence-electron chi connectivity index (χ4n) is 5.32. The van der Waals surface area contributed by atoms with Gasteiger partial charge in [-0.3, -0.25) is 15.0 Å². The number of aromatic amines is 1. The van der Waals surface area contributed by atoms with Crippen molar-refractivity contribution >= 4 is 22.6 Å². The lowest BCUT2D eigenvalue weighted by atomic mass is 10.0. The fourth-order valence-corrected chi connectivity index (χ4v) is 5.32. The number of fused-ring (bicyclic) bond motifs is 2. The van der Waals surface area contributed by atoms with E-state index >= 15 is 0 Å². The maximum atomic E-state index is 14.5. The number of methoxy groups -OCH3 is 1. The molecule has 0 bridgehead atoms. The maximum absolute atomic E-state index is 14.5. The summed E-state index contributed by atoms with van der Waals surface area (Å²) < 4.78 is 19.8. The van der Waals surface area contributed by atoms with Gasteiger partial charge in [0.25, 0.3) is 0 Å². The quantitative estimate of drug-likeness (QED) is 0.427. The number of nitrogens with one attached hydrogen (secondary N) is 2. The number of benzene rings is 2. The van der Waals surface area contributed by atoms with Crippen molar-refractivity contribution in [1.29, 1.82) is 0 Å². The van der Waals surface area contributed by atoms with Crippen LogP contribution >= 0.6 is 0 Å². The van der Waals surface area contributed by atoms with E-state index in [1.54, 1.807) is 25.4 Å². The predicted octanol–water partition coefficient (Wildman–Crippen LogP) is 4.70. The predicted molar refractivity (Wildman–Crippen MR) is 135 cm³/mol. The molecular formula is C27H27FN6O2. The Labute approximate surface area is 208 Å². The van der Waals surface area contributed by atoms with Crippen molar-refractivity contribution in [3.05, 3.63) is 71.3 Å². The molecule has 1 saturated heterocycles. The number of hydrogen-bond acceptors (Lipinski definition) is 5. The Morgan fingerprint density at radius 1 is 1.22 bits per heavy atom. The van der Waals surface area contributed by atoms with Crippen molar-refractivity contribution in [1.82, 2.24) is 25.0 Å². The minimum Gasteiger partial charge on any atom is -0.496 e. The van der Waals surface area contributed by atoms with Gasteiger partial charge in [-0.15, -0.1) is 0 Å². The summed E-state index contributed by atoms with van der Waals surface area (Å²) in [6.45, 7) is 4.38. The fraction of sp³-hybridized carbons (Fsp3) is 0.296. The van der Waals surface area contributed by atoms with Crippen LogP contribution in [0.4, 0.5) is 14.9 Å². The Bertz CT molecular complexity index is 1470. The first-order chi connectivity index (χ1) is 17.5. The third kappa shape index (κ3) is 3.95. The van der Waals surface area contributed by atoms with Crippen LogP contribution in [0.1, 0.15) is 23.2 Å². The lowest BCUT2D eigenvalue weighted by Crippen LogP contribution is -2.46. The van der Waals surface area contributed by atoms with Gasteiger partial charge in [-0.25, -0.2) is 9.18 Å². The Kier molecular flexibility index (Phi) is 5.56. The van der Waals surface area contributed by atoms with Gasteiger partial charge in [0.05, 0.1) is 12.6 Å². The molecule has 4 aromatic rings. The van der Waals surface area contributed by atoms with Crippen molar-refractivity contribution < 1.29 is 13.9 Å². The molecule has 2 N–H and O–H groups in total. The van der Waals surface area contributed by atoms with Crippen LogP contribution in [-0.2, 0) is 13.1 Å². The van der Waals surface area contributed by atoms with Gasteiger partial charge in [0, 0.05) is 66.3 Å². The molecule has 1 atom stereocenters. The molecule has 36 heavy (non-hydrogen) atoms. The minimum absolute atomic E-state index is 0.0401. The molecule has 2 aliphatic heterocycles. The molecule has 1 fully saturated rings. The first-order valence-corrected chi connectivity index (χ1v) is 12.1. The highest BCUT2D eigenvalue weighted by atomic mass is 19.1. The summed E-state index contributed by atoms with van der Waals surface area (Å²) in [5.74, 6) is 0.277. The Balaban J connectivity index is 1.23. The van der Waals surface area contributed by atoms with Crippen LogP contribution in [0.3, 0.4) is 0 Å². The molecule has 0 spiro atoms. The highest BCUT2D eigenvalue weighted by Crippen LogP contribution is 2.35. The SMILES string of the molecule is COc1cccc(F)c1CN1CC[C@@H](N2Cc3cc4c(-c5ccnc(C)c5)n[nH]c4cc3NC2=O)C1. The van der Waals surface area contributed by atoms with Crippen molar-refractivity contribution in [2.24, 2.45) is 0 Å². The van der Waals surface area contributed by atoms with E-state index in [9.17, 15) is 9.18 Å². The topological polar surface area (TPSA) is 86.4 Å². The van der Waals surface area contributed by atoms with E-state index < -0.39 is 0 Å². The normalized spacial score (nSPS) is 17.9. The number of carbonyl (C=O) groups excluding carboxylic acids is 1. The van der Waals surface area contributed by atoms with Crippen molar-refractivity contribution in [2.45, 2.75) is 32.5 Å². The number of likely N-dealkylation sites (tertiary alicyclic amines) is 1. The number of nitrogens with zero attached hydrogens (tertiary/aromatic N) is 4. The highest BCUT2D eigenvalue weighted by Gasteiger charge is 2.34. The minimum atomic E-state index is -0.272. The average Bonchev–Trinajstić information content (AvgIpc) is 3.50. The molecule has 9 heteroatoms. The zero-order valence-electron chi connectivity index (χ0n) is 20.2. The monoisotopic (exact) mass is 486 g/mol. The molecule has 0 aliphatic carbocycles. The number of aryl methyl sites for hydroxylation is 1. The molecule has 8 nitrogen and oxygen atoms in total. The van der Waals surface area contributed by atoms with E-state index in [-0.39, 0.29) is 17.9 Å². The number of anilines is 1. The van der Waals surface area contributed by atoms with Gasteiger partial charge in [0.1, 0.15) is 17.3 Å². The van der Waals surface area contributed by atoms with Crippen LogP contribution in [0.5, 0.6) is 5.75 Å². The van der Waals surface area contributed by atoms with Crippen molar-refractivity contribution in [3.8, 4) is 17.0 Å². The zero-order chi connectivity index (χ0) is 24.8. The second-order valence-electron chi connectivity index (χ2n) is 9.47. The van der Waals surface area contributed by atoms with Gasteiger partial charge in [-0.05, 0) is 55.3 Å². The van der Waals surface area contributed by atoms with Crippen LogP contribution in [0.2, 0.25) is 0 Å². The second-order valence-corrected chi connectivity index (χ2v) is 9.47. The van der Waals surface area contributed by atoms with Gasteiger partial charge in [0.2, 0.25) is 0 Å². The lowest BCUT2D eigenvalue weighted by Gasteiger charge is -2.34. The summed E-state index contributed by atoms with van der Waals surface area (Å²) >= 11 is 0. The highest BCUT2D eigenvalue weighted by molar-refractivity contribution is 6.00. The number of urea groups is 1. The zero-order valence-corrected chi connectivity index (χ0v) is 20.2.